The molecule has 0 amide bonds. The lowest BCUT2D eigenvalue weighted by Gasteiger charge is -2.40. The second-order valence-corrected chi connectivity index (χ2v) is 5.49. The lowest BCUT2D eigenvalue weighted by atomic mass is 9.83. The molecular formula is C15H19NO3. The number of carbonyl (C=O) groups is 1. The highest BCUT2D eigenvalue weighted by Gasteiger charge is 2.43. The van der Waals surface area contributed by atoms with Gasteiger partial charge in [-0.15, -0.1) is 0 Å². The van der Waals surface area contributed by atoms with Crippen molar-refractivity contribution in [3.05, 3.63) is 35.4 Å². The zero-order chi connectivity index (χ0) is 13.5. The minimum atomic E-state index is -0.747. The van der Waals surface area contributed by atoms with Crippen LogP contribution in [0.25, 0.3) is 0 Å². The Hall–Kier alpha value is -1.39. The zero-order valence-electron chi connectivity index (χ0n) is 11.1. The summed E-state index contributed by atoms with van der Waals surface area (Å²) >= 11 is 0. The van der Waals surface area contributed by atoms with Gasteiger partial charge in [-0.05, 0) is 30.9 Å². The Morgan fingerprint density at radius 1 is 1.37 bits per heavy atom. The summed E-state index contributed by atoms with van der Waals surface area (Å²) in [5, 5.41) is 9.08. The average Bonchev–Trinajstić information content (AvgIpc) is 2.78. The first-order valence-corrected chi connectivity index (χ1v) is 6.82. The maximum Gasteiger partial charge on any atom is 0.320 e. The molecular weight excluding hydrogens is 242 g/mol. The second-order valence-electron chi connectivity index (χ2n) is 5.49. The highest BCUT2D eigenvalue weighted by Crippen LogP contribution is 2.44. The molecule has 1 aromatic carbocycles. The van der Waals surface area contributed by atoms with Crippen molar-refractivity contribution in [1.82, 2.24) is 4.90 Å². The highest BCUT2D eigenvalue weighted by molar-refractivity contribution is 5.72. The number of hydrogen-bond acceptors (Lipinski definition) is 3. The number of nitrogens with zero attached hydrogens (tertiary/aromatic N) is 1. The third kappa shape index (κ3) is 2.05. The van der Waals surface area contributed by atoms with E-state index < -0.39 is 12.0 Å². The van der Waals surface area contributed by atoms with Crippen LogP contribution in [0, 0.1) is 0 Å². The second kappa shape index (κ2) is 4.62. The lowest BCUT2D eigenvalue weighted by molar-refractivity contribution is -0.145. The molecule has 1 fully saturated rings. The van der Waals surface area contributed by atoms with Gasteiger partial charge in [-0.25, -0.2) is 0 Å². The van der Waals surface area contributed by atoms with Gasteiger partial charge in [0.2, 0.25) is 0 Å². The number of rotatable bonds is 2. The molecule has 0 aromatic heterocycles. The van der Waals surface area contributed by atoms with Crippen LogP contribution in [0.3, 0.4) is 0 Å². The van der Waals surface area contributed by atoms with E-state index in [2.05, 4.69) is 18.2 Å². The summed E-state index contributed by atoms with van der Waals surface area (Å²) in [6, 6.07) is 7.97. The van der Waals surface area contributed by atoms with Gasteiger partial charge >= 0.3 is 5.97 Å². The van der Waals surface area contributed by atoms with E-state index in [1.807, 2.05) is 11.0 Å². The first-order valence-electron chi connectivity index (χ1n) is 6.82. The Bertz CT molecular complexity index is 492. The number of benzene rings is 1. The average molecular weight is 261 g/mol. The van der Waals surface area contributed by atoms with E-state index in [-0.39, 0.29) is 5.60 Å². The molecule has 19 heavy (non-hydrogen) atoms. The summed E-state index contributed by atoms with van der Waals surface area (Å²) in [6.45, 7) is 4.00. The van der Waals surface area contributed by atoms with Gasteiger partial charge in [-0.2, -0.15) is 0 Å². The molecule has 2 aliphatic heterocycles. The number of carboxylic acid groups (broad SMARTS) is 1. The van der Waals surface area contributed by atoms with Crippen LogP contribution in [0.15, 0.2) is 24.3 Å². The van der Waals surface area contributed by atoms with Gasteiger partial charge in [0.05, 0.1) is 12.2 Å². The molecule has 1 atom stereocenters. The van der Waals surface area contributed by atoms with Gasteiger partial charge < -0.3 is 9.84 Å². The van der Waals surface area contributed by atoms with Crippen LogP contribution < -0.4 is 0 Å². The largest absolute Gasteiger partial charge is 0.480 e. The fourth-order valence-electron chi connectivity index (χ4n) is 3.23. The number of aliphatic carboxylic acids is 1. The molecule has 0 saturated carbocycles. The van der Waals surface area contributed by atoms with E-state index >= 15 is 0 Å². The minimum absolute atomic E-state index is 0.175. The molecule has 2 aliphatic rings. The molecule has 4 nitrogen and oxygen atoms in total. The van der Waals surface area contributed by atoms with Gasteiger partial charge in [-0.1, -0.05) is 24.3 Å². The first-order chi connectivity index (χ1) is 9.12. The maximum atomic E-state index is 11.0. The summed E-state index contributed by atoms with van der Waals surface area (Å²) in [5.74, 6) is -0.747. The van der Waals surface area contributed by atoms with Crippen molar-refractivity contribution in [2.75, 3.05) is 13.1 Å². The van der Waals surface area contributed by atoms with Crippen LogP contribution >= 0.6 is 0 Å². The van der Waals surface area contributed by atoms with Crippen molar-refractivity contribution in [3.8, 4) is 0 Å². The van der Waals surface area contributed by atoms with Crippen molar-refractivity contribution in [2.45, 2.75) is 38.0 Å². The van der Waals surface area contributed by atoms with E-state index in [4.69, 9.17) is 9.84 Å². The smallest absolute Gasteiger partial charge is 0.320 e. The molecule has 1 N–H and O–H groups in total. The molecule has 102 valence electrons. The quantitative estimate of drug-likeness (QED) is 0.884. The molecule has 1 aromatic rings. The number of likely N-dealkylation sites (tertiary alicyclic amines) is 1. The van der Waals surface area contributed by atoms with E-state index in [0.29, 0.717) is 6.61 Å². The Kier molecular flexibility index (Phi) is 3.07. The van der Waals surface area contributed by atoms with Crippen LogP contribution in [-0.2, 0) is 21.7 Å². The van der Waals surface area contributed by atoms with Crippen LogP contribution in [0.5, 0.6) is 0 Å². The summed E-state index contributed by atoms with van der Waals surface area (Å²) in [5.41, 5.74) is 2.41. The molecule has 0 aliphatic carbocycles. The standard InChI is InChI=1S/C15H19NO3/c1-11(14(17)18)16-8-6-15(7-9-16)13-5-3-2-4-12(13)10-19-15/h2-5,11H,6-10H2,1H3,(H,17,18). The zero-order valence-corrected chi connectivity index (χ0v) is 11.1. The number of fused-ring (bicyclic) bond motifs is 2. The maximum absolute atomic E-state index is 11.0. The molecule has 0 bridgehead atoms. The van der Waals surface area contributed by atoms with Gasteiger partial charge in [0.1, 0.15) is 6.04 Å². The normalized spacial score (nSPS) is 23.2. The van der Waals surface area contributed by atoms with Gasteiger partial charge in [0.15, 0.2) is 0 Å². The number of piperidine rings is 1. The molecule has 4 heteroatoms. The molecule has 0 radical (unpaired) electrons. The van der Waals surface area contributed by atoms with Crippen LogP contribution in [-0.4, -0.2) is 35.1 Å². The van der Waals surface area contributed by atoms with Crippen molar-refractivity contribution in [3.63, 3.8) is 0 Å². The van der Waals surface area contributed by atoms with E-state index in [1.165, 1.54) is 11.1 Å². The summed E-state index contributed by atoms with van der Waals surface area (Å²) in [7, 11) is 0. The first kappa shape index (κ1) is 12.6. The SMILES string of the molecule is CC(C(=O)O)N1CCC2(CC1)OCc1ccccc12. The molecule has 3 rings (SSSR count). The lowest BCUT2D eigenvalue weighted by Crippen LogP contribution is -2.48. The Balaban J connectivity index is 1.76. The predicted molar refractivity (Wildman–Crippen MR) is 70.8 cm³/mol. The third-order valence-electron chi connectivity index (χ3n) is 4.52. The predicted octanol–water partition coefficient (Wildman–Crippen LogP) is 1.98. The van der Waals surface area contributed by atoms with Crippen LogP contribution in [0.2, 0.25) is 0 Å². The molecule has 2 heterocycles. The van der Waals surface area contributed by atoms with Crippen LogP contribution in [0.4, 0.5) is 0 Å². The Labute approximate surface area is 113 Å². The Morgan fingerprint density at radius 3 is 2.74 bits per heavy atom. The van der Waals surface area contributed by atoms with Gasteiger partial charge in [-0.3, -0.25) is 9.69 Å². The van der Waals surface area contributed by atoms with Crippen molar-refractivity contribution >= 4 is 5.97 Å². The number of ether oxygens (including phenoxy) is 1. The van der Waals surface area contributed by atoms with Gasteiger partial charge in [0, 0.05) is 13.1 Å². The summed E-state index contributed by atoms with van der Waals surface area (Å²) < 4.78 is 6.07. The molecule has 1 spiro atoms. The van der Waals surface area contributed by atoms with E-state index in [9.17, 15) is 4.79 Å². The number of carboxylic acids is 1. The van der Waals surface area contributed by atoms with Crippen molar-refractivity contribution < 1.29 is 14.6 Å². The van der Waals surface area contributed by atoms with E-state index in [1.54, 1.807) is 6.92 Å². The molecule has 1 unspecified atom stereocenters. The molecule has 1 saturated heterocycles. The Morgan fingerprint density at radius 2 is 2.05 bits per heavy atom. The van der Waals surface area contributed by atoms with Crippen molar-refractivity contribution in [1.29, 1.82) is 0 Å². The summed E-state index contributed by atoms with van der Waals surface area (Å²) in [6.07, 6.45) is 1.75. The monoisotopic (exact) mass is 261 g/mol. The van der Waals surface area contributed by atoms with E-state index in [0.717, 1.165) is 25.9 Å². The van der Waals surface area contributed by atoms with Crippen molar-refractivity contribution in [2.24, 2.45) is 0 Å². The fraction of sp³-hybridized carbons (Fsp3) is 0.533. The summed E-state index contributed by atoms with van der Waals surface area (Å²) in [4.78, 5) is 13.1. The topological polar surface area (TPSA) is 49.8 Å². The van der Waals surface area contributed by atoms with Crippen LogP contribution in [0.1, 0.15) is 30.9 Å². The number of hydrogen-bond donors (Lipinski definition) is 1. The highest BCUT2D eigenvalue weighted by atomic mass is 16.5. The van der Waals surface area contributed by atoms with Gasteiger partial charge in [0.25, 0.3) is 0 Å². The third-order valence-corrected chi connectivity index (χ3v) is 4.52. The minimum Gasteiger partial charge on any atom is -0.480 e. The fourth-order valence-corrected chi connectivity index (χ4v) is 3.23.